The lowest BCUT2D eigenvalue weighted by Gasteiger charge is -2.14. The van der Waals surface area contributed by atoms with Gasteiger partial charge in [0.1, 0.15) is 36.2 Å². The molecule has 318 valence electrons. The molecule has 0 aliphatic carbocycles. The lowest BCUT2D eigenvalue weighted by atomic mass is 9.98. The van der Waals surface area contributed by atoms with Crippen LogP contribution >= 0.6 is 0 Å². The second-order valence-electron chi connectivity index (χ2n) is 14.8. The molecular formula is C53H43F3O6S. The highest BCUT2D eigenvalue weighted by atomic mass is 32.2. The summed E-state index contributed by atoms with van der Waals surface area (Å²) in [4.78, 5) is 0. The Morgan fingerprint density at radius 2 is 0.762 bits per heavy atom. The van der Waals surface area contributed by atoms with Crippen LogP contribution in [0.3, 0.4) is 0 Å². The number of halogens is 3. The van der Waals surface area contributed by atoms with Crippen molar-refractivity contribution in [1.82, 2.24) is 0 Å². The van der Waals surface area contributed by atoms with Gasteiger partial charge in [-0.1, -0.05) is 145 Å². The highest BCUT2D eigenvalue weighted by Gasteiger charge is 2.48. The number of phenols is 1. The van der Waals surface area contributed by atoms with Crippen LogP contribution in [0.1, 0.15) is 22.3 Å². The van der Waals surface area contributed by atoms with Gasteiger partial charge in [0.2, 0.25) is 0 Å². The Kier molecular flexibility index (Phi) is 13.6. The van der Waals surface area contributed by atoms with Crippen molar-refractivity contribution in [2.24, 2.45) is 0 Å². The molecule has 8 aromatic carbocycles. The van der Waals surface area contributed by atoms with Gasteiger partial charge in [-0.15, -0.1) is 0 Å². The second-order valence-corrected chi connectivity index (χ2v) is 16.4. The number of aromatic hydroxyl groups is 1. The van der Waals surface area contributed by atoms with Crippen LogP contribution in [-0.4, -0.2) is 19.0 Å². The van der Waals surface area contributed by atoms with E-state index in [1.54, 1.807) is 54.6 Å². The van der Waals surface area contributed by atoms with E-state index < -0.39 is 21.4 Å². The van der Waals surface area contributed by atoms with Crippen molar-refractivity contribution in [3.8, 4) is 67.5 Å². The van der Waals surface area contributed by atoms with Crippen molar-refractivity contribution in [2.75, 3.05) is 0 Å². The minimum Gasteiger partial charge on any atom is -0.508 e. The van der Waals surface area contributed by atoms with Crippen LogP contribution in [0.4, 0.5) is 13.2 Å². The van der Waals surface area contributed by atoms with E-state index in [1.807, 2.05) is 104 Å². The van der Waals surface area contributed by atoms with Crippen LogP contribution < -0.4 is 13.7 Å². The van der Waals surface area contributed by atoms with Gasteiger partial charge in [-0.2, -0.15) is 21.6 Å². The zero-order chi connectivity index (χ0) is 44.4. The third kappa shape index (κ3) is 12.0. The Morgan fingerprint density at radius 1 is 0.429 bits per heavy atom. The molecule has 0 saturated carbocycles. The van der Waals surface area contributed by atoms with E-state index in [4.69, 9.17) is 9.47 Å². The van der Waals surface area contributed by atoms with E-state index in [-0.39, 0.29) is 5.75 Å². The molecule has 0 atom stereocenters. The number of phenolic OH excluding ortho intramolecular Hbond substituents is 1. The second kappa shape index (κ2) is 19.6. The molecular weight excluding hydrogens is 822 g/mol. The van der Waals surface area contributed by atoms with Crippen molar-refractivity contribution in [1.29, 1.82) is 0 Å². The van der Waals surface area contributed by atoms with E-state index in [1.165, 1.54) is 17.7 Å². The highest BCUT2D eigenvalue weighted by molar-refractivity contribution is 7.88. The standard InChI is InChI=1S/C27H21F3O4S.C26H22O2/c1-19-7-9-21(10-8-19)23-15-24(17-26(16-23)34-35(31,32)27(28,29)30)22-11-13-25(14-12-22)33-18-20-5-3-2-4-6-20;1-19-7-9-21(10-8-19)23-15-24(17-25(27)16-23)22-11-13-26(14-12-22)28-18-20-5-3-2-4-6-20/h2-17H,18H2,1H3;2-17,27H,18H2,1H3. The third-order valence-corrected chi connectivity index (χ3v) is 10.9. The zero-order valence-electron chi connectivity index (χ0n) is 34.4. The number of ether oxygens (including phenoxy) is 2. The fourth-order valence-electron chi connectivity index (χ4n) is 6.56. The maximum absolute atomic E-state index is 12.9. The number of hydrogen-bond acceptors (Lipinski definition) is 6. The van der Waals surface area contributed by atoms with Crippen LogP contribution in [0.5, 0.6) is 23.0 Å². The quantitative estimate of drug-likeness (QED) is 0.0973. The van der Waals surface area contributed by atoms with Crippen molar-refractivity contribution in [3.63, 3.8) is 0 Å². The lowest BCUT2D eigenvalue weighted by Crippen LogP contribution is -2.28. The van der Waals surface area contributed by atoms with Gasteiger partial charge < -0.3 is 18.8 Å². The average molecular weight is 865 g/mol. The molecule has 63 heavy (non-hydrogen) atoms. The fourth-order valence-corrected chi connectivity index (χ4v) is 7.00. The van der Waals surface area contributed by atoms with Crippen LogP contribution in [-0.2, 0) is 23.3 Å². The summed E-state index contributed by atoms with van der Waals surface area (Å²) in [6.45, 7) is 4.91. The Balaban J connectivity index is 0.000000193. The summed E-state index contributed by atoms with van der Waals surface area (Å²) in [6, 6.07) is 60.3. The molecule has 0 aromatic heterocycles. The SMILES string of the molecule is Cc1ccc(-c2cc(O)cc(-c3ccc(OCc4ccccc4)cc3)c2)cc1.Cc1ccc(-c2cc(OS(=O)(=O)C(F)(F)F)cc(-c3ccc(OCc4ccccc4)cc3)c2)cc1. The molecule has 1 N–H and O–H groups in total. The summed E-state index contributed by atoms with van der Waals surface area (Å²) in [5, 5.41) is 10.2. The van der Waals surface area contributed by atoms with Crippen LogP contribution in [0.25, 0.3) is 44.5 Å². The van der Waals surface area contributed by atoms with E-state index in [9.17, 15) is 26.7 Å². The van der Waals surface area contributed by atoms with Crippen molar-refractivity contribution in [3.05, 3.63) is 216 Å². The summed E-state index contributed by atoms with van der Waals surface area (Å²) in [5.74, 6) is 1.27. The fraction of sp³-hybridized carbons (Fsp3) is 0.0943. The first kappa shape index (κ1) is 43.8. The molecule has 8 aromatic rings. The first-order valence-corrected chi connectivity index (χ1v) is 21.4. The number of hydrogen-bond donors (Lipinski definition) is 1. The van der Waals surface area contributed by atoms with E-state index >= 15 is 0 Å². The Labute approximate surface area is 365 Å². The molecule has 0 unspecified atom stereocenters. The number of alkyl halides is 3. The van der Waals surface area contributed by atoms with Gasteiger partial charge in [0.25, 0.3) is 0 Å². The first-order valence-electron chi connectivity index (χ1n) is 20.0. The molecule has 0 amide bonds. The maximum atomic E-state index is 12.9. The molecule has 0 radical (unpaired) electrons. The van der Waals surface area contributed by atoms with Gasteiger partial charge in [-0.3, -0.25) is 0 Å². The number of aryl methyl sites for hydroxylation is 2. The van der Waals surface area contributed by atoms with Gasteiger partial charge >= 0.3 is 15.6 Å². The molecule has 0 bridgehead atoms. The predicted octanol–water partition coefficient (Wildman–Crippen LogP) is 13.8. The summed E-state index contributed by atoms with van der Waals surface area (Å²) in [6.07, 6.45) is 0. The molecule has 0 aliphatic rings. The van der Waals surface area contributed by atoms with Crippen LogP contribution in [0.2, 0.25) is 0 Å². The summed E-state index contributed by atoms with van der Waals surface area (Å²) >= 11 is 0. The molecule has 0 spiro atoms. The molecule has 0 saturated heterocycles. The Hall–Kier alpha value is -7.30. The van der Waals surface area contributed by atoms with E-state index in [2.05, 4.69) is 41.4 Å². The first-order chi connectivity index (χ1) is 30.3. The minimum absolute atomic E-state index is 0.262. The summed E-state index contributed by atoms with van der Waals surface area (Å²) in [7, 11) is -5.82. The van der Waals surface area contributed by atoms with E-state index in [0.29, 0.717) is 41.2 Å². The third-order valence-electron chi connectivity index (χ3n) is 9.96. The number of benzene rings is 8. The normalized spacial score (nSPS) is 11.3. The van der Waals surface area contributed by atoms with Gasteiger partial charge in [-0.05, 0) is 130 Å². The molecule has 0 fully saturated rings. The zero-order valence-corrected chi connectivity index (χ0v) is 35.2. The molecule has 6 nitrogen and oxygen atoms in total. The van der Waals surface area contributed by atoms with Crippen molar-refractivity contribution in [2.45, 2.75) is 32.6 Å². The minimum atomic E-state index is -5.82. The van der Waals surface area contributed by atoms with Crippen LogP contribution in [0.15, 0.2) is 194 Å². The highest BCUT2D eigenvalue weighted by Crippen LogP contribution is 2.36. The lowest BCUT2D eigenvalue weighted by molar-refractivity contribution is -0.0500. The molecule has 0 heterocycles. The van der Waals surface area contributed by atoms with Crippen molar-refractivity contribution >= 4 is 10.1 Å². The van der Waals surface area contributed by atoms with Crippen molar-refractivity contribution < 1.29 is 40.4 Å². The average Bonchev–Trinajstić information content (AvgIpc) is 3.28. The van der Waals surface area contributed by atoms with Gasteiger partial charge in [0.15, 0.2) is 0 Å². The topological polar surface area (TPSA) is 82.1 Å². The molecule has 8 rings (SSSR count). The Bertz CT molecular complexity index is 2850. The monoisotopic (exact) mass is 864 g/mol. The maximum Gasteiger partial charge on any atom is 0.534 e. The van der Waals surface area contributed by atoms with Gasteiger partial charge in [-0.25, -0.2) is 0 Å². The van der Waals surface area contributed by atoms with Gasteiger partial charge in [0.05, 0.1) is 0 Å². The Morgan fingerprint density at radius 3 is 1.11 bits per heavy atom. The summed E-state index contributed by atoms with van der Waals surface area (Å²) in [5.41, 5.74) is 5.30. The molecule has 10 heteroatoms. The summed E-state index contributed by atoms with van der Waals surface area (Å²) < 4.78 is 78.1. The molecule has 0 aliphatic heterocycles. The predicted molar refractivity (Wildman–Crippen MR) is 243 cm³/mol. The number of rotatable bonds is 12. The van der Waals surface area contributed by atoms with E-state index in [0.717, 1.165) is 44.7 Å². The van der Waals surface area contributed by atoms with Crippen LogP contribution in [0, 0.1) is 13.8 Å². The smallest absolute Gasteiger partial charge is 0.508 e. The van der Waals surface area contributed by atoms with Gasteiger partial charge in [0, 0.05) is 0 Å². The largest absolute Gasteiger partial charge is 0.534 e.